The number of aliphatic hydroxyl groups is 1. The maximum atomic E-state index is 12.9. The van der Waals surface area contributed by atoms with Gasteiger partial charge in [0.15, 0.2) is 0 Å². The van der Waals surface area contributed by atoms with Gasteiger partial charge in [0.2, 0.25) is 5.91 Å². The minimum absolute atomic E-state index is 0.0169. The van der Waals surface area contributed by atoms with Gasteiger partial charge in [0, 0.05) is 36.3 Å². The number of amides is 1. The van der Waals surface area contributed by atoms with Gasteiger partial charge in [-0.3, -0.25) is 4.79 Å². The van der Waals surface area contributed by atoms with E-state index in [2.05, 4.69) is 5.32 Å². The lowest BCUT2D eigenvalue weighted by Gasteiger charge is -2.38. The van der Waals surface area contributed by atoms with Gasteiger partial charge in [-0.25, -0.2) is 0 Å². The van der Waals surface area contributed by atoms with Crippen molar-refractivity contribution in [2.45, 2.75) is 62.8 Å². The summed E-state index contributed by atoms with van der Waals surface area (Å²) >= 11 is 1.56. The predicted molar refractivity (Wildman–Crippen MR) is 97.5 cm³/mol. The van der Waals surface area contributed by atoms with Crippen LogP contribution in [0.1, 0.15) is 49.5 Å². The van der Waals surface area contributed by atoms with Crippen LogP contribution in [0.3, 0.4) is 0 Å². The molecule has 0 aromatic carbocycles. The number of hydrogen-bond acceptors (Lipinski definition) is 5. The summed E-state index contributed by atoms with van der Waals surface area (Å²) in [5, 5.41) is 16.1. The molecule has 6 heteroatoms. The summed E-state index contributed by atoms with van der Waals surface area (Å²) in [6, 6.07) is 5.14. The van der Waals surface area contributed by atoms with Crippen molar-refractivity contribution in [2.24, 2.45) is 5.92 Å². The van der Waals surface area contributed by atoms with Crippen molar-refractivity contribution < 1.29 is 14.6 Å². The highest BCUT2D eigenvalue weighted by molar-refractivity contribution is 7.10. The number of carbonyl (C=O) groups is 1. The normalized spacial score (nSPS) is 33.4. The standard InChI is InChI=1S/C19H28N2O3S/c22-17(18-2-1-7-25-18)11-16-12-24-6-5-21(16)19(23)10-13-8-14-3-4-15(9-13)20-14/h1-2,7,13-17,20,22H,3-6,8-12H2. The first kappa shape index (κ1) is 17.5. The highest BCUT2D eigenvalue weighted by atomic mass is 32.1. The average molecular weight is 365 g/mol. The van der Waals surface area contributed by atoms with E-state index in [1.165, 1.54) is 12.8 Å². The molecular weight excluding hydrogens is 336 g/mol. The number of aliphatic hydroxyl groups excluding tert-OH is 1. The van der Waals surface area contributed by atoms with Crippen LogP contribution in [-0.2, 0) is 9.53 Å². The van der Waals surface area contributed by atoms with Crippen LogP contribution in [0.2, 0.25) is 0 Å². The largest absolute Gasteiger partial charge is 0.387 e. The Morgan fingerprint density at radius 1 is 1.40 bits per heavy atom. The smallest absolute Gasteiger partial charge is 0.223 e. The van der Waals surface area contributed by atoms with Crippen LogP contribution in [-0.4, -0.2) is 53.8 Å². The van der Waals surface area contributed by atoms with Gasteiger partial charge < -0.3 is 20.1 Å². The Labute approximate surface area is 153 Å². The highest BCUT2D eigenvalue weighted by Crippen LogP contribution is 2.34. The molecular formula is C19H28N2O3S. The number of ether oxygens (including phenoxy) is 1. The fraction of sp³-hybridized carbons (Fsp3) is 0.737. The van der Waals surface area contributed by atoms with Crippen LogP contribution in [0.25, 0.3) is 0 Å². The summed E-state index contributed by atoms with van der Waals surface area (Å²) in [5.74, 6) is 0.759. The van der Waals surface area contributed by atoms with Gasteiger partial charge in [0.05, 0.1) is 25.4 Å². The van der Waals surface area contributed by atoms with E-state index in [1.54, 1.807) is 11.3 Å². The first-order chi connectivity index (χ1) is 12.2. The van der Waals surface area contributed by atoms with Crippen LogP contribution in [0.5, 0.6) is 0 Å². The number of fused-ring (bicyclic) bond motifs is 2. The minimum Gasteiger partial charge on any atom is -0.387 e. The minimum atomic E-state index is -0.517. The van der Waals surface area contributed by atoms with Gasteiger partial charge in [0.25, 0.3) is 0 Å². The molecule has 4 rings (SSSR count). The summed E-state index contributed by atoms with van der Waals surface area (Å²) in [4.78, 5) is 15.9. The monoisotopic (exact) mass is 364 g/mol. The molecule has 3 aliphatic heterocycles. The van der Waals surface area contributed by atoms with Crippen LogP contribution in [0, 0.1) is 5.92 Å². The molecule has 4 unspecified atom stereocenters. The second kappa shape index (κ2) is 7.74. The maximum absolute atomic E-state index is 12.9. The third-order valence-electron chi connectivity index (χ3n) is 5.95. The van der Waals surface area contributed by atoms with Crippen molar-refractivity contribution in [3.8, 4) is 0 Å². The Bertz CT molecular complexity index is 567. The van der Waals surface area contributed by atoms with E-state index < -0.39 is 6.10 Å². The summed E-state index contributed by atoms with van der Waals surface area (Å²) in [7, 11) is 0. The van der Waals surface area contributed by atoms with Crippen molar-refractivity contribution in [3.05, 3.63) is 22.4 Å². The fourth-order valence-electron chi connectivity index (χ4n) is 4.74. The number of nitrogens with zero attached hydrogens (tertiary/aromatic N) is 1. The SMILES string of the molecule is O=C(CC1CC2CCC(C1)N2)N1CCOCC1CC(O)c1cccs1. The molecule has 4 heterocycles. The topological polar surface area (TPSA) is 61.8 Å². The Hall–Kier alpha value is -0.950. The molecule has 0 aliphatic carbocycles. The molecule has 138 valence electrons. The lowest BCUT2D eigenvalue weighted by Crippen LogP contribution is -2.50. The lowest BCUT2D eigenvalue weighted by molar-refractivity contribution is -0.142. The van der Waals surface area contributed by atoms with Gasteiger partial charge in [0.1, 0.15) is 0 Å². The quantitative estimate of drug-likeness (QED) is 0.842. The highest BCUT2D eigenvalue weighted by Gasteiger charge is 2.36. The van der Waals surface area contributed by atoms with Crippen molar-refractivity contribution in [2.75, 3.05) is 19.8 Å². The van der Waals surface area contributed by atoms with E-state index in [9.17, 15) is 9.90 Å². The van der Waals surface area contributed by atoms with E-state index in [-0.39, 0.29) is 11.9 Å². The summed E-state index contributed by atoms with van der Waals surface area (Å²) in [6.45, 7) is 1.79. The van der Waals surface area contributed by atoms with Crippen LogP contribution >= 0.6 is 11.3 Å². The Balaban J connectivity index is 1.35. The molecule has 0 radical (unpaired) electrons. The van der Waals surface area contributed by atoms with Crippen molar-refractivity contribution >= 4 is 17.2 Å². The molecule has 3 saturated heterocycles. The fourth-order valence-corrected chi connectivity index (χ4v) is 5.46. The molecule has 2 bridgehead atoms. The zero-order chi connectivity index (χ0) is 17.2. The molecule has 5 nitrogen and oxygen atoms in total. The first-order valence-electron chi connectivity index (χ1n) is 9.53. The van der Waals surface area contributed by atoms with Gasteiger partial charge in [-0.05, 0) is 43.0 Å². The van der Waals surface area contributed by atoms with Crippen LogP contribution in [0.15, 0.2) is 17.5 Å². The molecule has 0 spiro atoms. The average Bonchev–Trinajstić information content (AvgIpc) is 3.25. The summed E-state index contributed by atoms with van der Waals surface area (Å²) < 4.78 is 5.60. The van der Waals surface area contributed by atoms with Gasteiger partial charge in [-0.15, -0.1) is 11.3 Å². The van der Waals surface area contributed by atoms with Gasteiger partial charge in [-0.2, -0.15) is 0 Å². The third-order valence-corrected chi connectivity index (χ3v) is 6.92. The van der Waals surface area contributed by atoms with Crippen LogP contribution in [0.4, 0.5) is 0 Å². The molecule has 3 aliphatic rings. The zero-order valence-corrected chi connectivity index (χ0v) is 15.4. The van der Waals surface area contributed by atoms with E-state index in [0.717, 1.165) is 17.7 Å². The zero-order valence-electron chi connectivity index (χ0n) is 14.6. The number of nitrogens with one attached hydrogen (secondary N) is 1. The predicted octanol–water partition coefficient (Wildman–Crippen LogP) is 2.32. The maximum Gasteiger partial charge on any atom is 0.223 e. The lowest BCUT2D eigenvalue weighted by atomic mass is 9.89. The molecule has 4 atom stereocenters. The second-order valence-electron chi connectivity index (χ2n) is 7.76. The summed E-state index contributed by atoms with van der Waals surface area (Å²) in [6.07, 6.45) is 5.50. The number of carbonyl (C=O) groups excluding carboxylic acids is 1. The number of piperidine rings is 1. The van der Waals surface area contributed by atoms with Crippen molar-refractivity contribution in [3.63, 3.8) is 0 Å². The third kappa shape index (κ3) is 4.08. The first-order valence-corrected chi connectivity index (χ1v) is 10.4. The molecule has 1 amide bonds. The summed E-state index contributed by atoms with van der Waals surface area (Å²) in [5.41, 5.74) is 0. The molecule has 1 aromatic heterocycles. The Morgan fingerprint density at radius 3 is 2.92 bits per heavy atom. The Morgan fingerprint density at radius 2 is 2.20 bits per heavy atom. The number of thiophene rings is 1. The molecule has 1 aromatic rings. The van der Waals surface area contributed by atoms with Crippen molar-refractivity contribution in [1.82, 2.24) is 10.2 Å². The molecule has 3 fully saturated rings. The van der Waals surface area contributed by atoms with E-state index in [1.807, 2.05) is 22.4 Å². The van der Waals surface area contributed by atoms with E-state index in [4.69, 9.17) is 4.74 Å². The van der Waals surface area contributed by atoms with Crippen LogP contribution < -0.4 is 5.32 Å². The number of hydrogen-bond donors (Lipinski definition) is 2. The van der Waals surface area contributed by atoms with Gasteiger partial charge in [-0.1, -0.05) is 6.07 Å². The van der Waals surface area contributed by atoms with Crippen molar-refractivity contribution in [1.29, 1.82) is 0 Å². The Kier molecular flexibility index (Phi) is 5.41. The van der Waals surface area contributed by atoms with Gasteiger partial charge >= 0.3 is 0 Å². The second-order valence-corrected chi connectivity index (χ2v) is 8.74. The molecule has 0 saturated carbocycles. The molecule has 25 heavy (non-hydrogen) atoms. The van der Waals surface area contributed by atoms with E-state index >= 15 is 0 Å². The van der Waals surface area contributed by atoms with E-state index in [0.29, 0.717) is 50.6 Å². The number of rotatable bonds is 5. The number of morpholine rings is 1. The molecule has 2 N–H and O–H groups in total.